The predicted molar refractivity (Wildman–Crippen MR) is 103 cm³/mol. The van der Waals surface area contributed by atoms with Crippen LogP contribution in [0.3, 0.4) is 0 Å². The molecular formula is C21H27N3O3. The van der Waals surface area contributed by atoms with Gasteiger partial charge in [-0.15, -0.1) is 0 Å². The number of furan rings is 1. The van der Waals surface area contributed by atoms with E-state index in [0.717, 1.165) is 19.6 Å². The van der Waals surface area contributed by atoms with Gasteiger partial charge in [0.05, 0.1) is 6.26 Å². The highest BCUT2D eigenvalue weighted by Gasteiger charge is 2.31. The molecule has 2 aromatic rings. The van der Waals surface area contributed by atoms with E-state index in [9.17, 15) is 9.59 Å². The van der Waals surface area contributed by atoms with E-state index in [0.29, 0.717) is 13.1 Å². The van der Waals surface area contributed by atoms with Gasteiger partial charge in [0.2, 0.25) is 5.91 Å². The minimum atomic E-state index is -0.553. The summed E-state index contributed by atoms with van der Waals surface area (Å²) in [7, 11) is 0. The summed E-state index contributed by atoms with van der Waals surface area (Å²) in [5, 5.41) is 2.83. The number of nitrogens with zero attached hydrogens (tertiary/aromatic N) is 2. The van der Waals surface area contributed by atoms with E-state index in [1.165, 1.54) is 11.8 Å². The van der Waals surface area contributed by atoms with Crippen LogP contribution in [0.25, 0.3) is 0 Å². The van der Waals surface area contributed by atoms with Crippen LogP contribution in [-0.4, -0.2) is 53.8 Å². The van der Waals surface area contributed by atoms with E-state index in [2.05, 4.69) is 22.3 Å². The van der Waals surface area contributed by atoms with Gasteiger partial charge in [-0.1, -0.05) is 44.2 Å². The topological polar surface area (TPSA) is 65.8 Å². The smallest absolute Gasteiger partial charge is 0.287 e. The second-order valence-corrected chi connectivity index (χ2v) is 7.26. The number of nitrogens with one attached hydrogen (secondary N) is 1. The molecule has 6 heteroatoms. The molecule has 144 valence electrons. The number of benzene rings is 1. The molecule has 0 bridgehead atoms. The zero-order chi connectivity index (χ0) is 19.2. The van der Waals surface area contributed by atoms with E-state index in [-0.39, 0.29) is 23.5 Å². The Balaban J connectivity index is 1.55. The lowest BCUT2D eigenvalue weighted by Crippen LogP contribution is -2.56. The van der Waals surface area contributed by atoms with Gasteiger partial charge in [-0.2, -0.15) is 0 Å². The van der Waals surface area contributed by atoms with Crippen LogP contribution in [0.2, 0.25) is 0 Å². The van der Waals surface area contributed by atoms with Crippen LogP contribution < -0.4 is 5.32 Å². The van der Waals surface area contributed by atoms with Crippen molar-refractivity contribution in [1.82, 2.24) is 15.1 Å². The molecule has 3 rings (SSSR count). The van der Waals surface area contributed by atoms with Crippen molar-refractivity contribution < 1.29 is 14.0 Å². The average molecular weight is 369 g/mol. The third kappa shape index (κ3) is 4.98. The van der Waals surface area contributed by atoms with Gasteiger partial charge in [0.1, 0.15) is 6.04 Å². The van der Waals surface area contributed by atoms with E-state index in [1.807, 2.05) is 36.9 Å². The molecule has 27 heavy (non-hydrogen) atoms. The molecule has 1 unspecified atom stereocenters. The molecule has 0 radical (unpaired) electrons. The third-order valence-corrected chi connectivity index (χ3v) is 4.90. The maximum atomic E-state index is 13.0. The van der Waals surface area contributed by atoms with E-state index in [1.54, 1.807) is 12.1 Å². The second-order valence-electron chi connectivity index (χ2n) is 7.26. The van der Waals surface area contributed by atoms with Crippen molar-refractivity contribution in [2.45, 2.75) is 26.4 Å². The SMILES string of the molecule is CC(C)C(NC(=O)c1ccco1)C(=O)N1CCN(Cc2ccccc2)CC1. The maximum absolute atomic E-state index is 13.0. The van der Waals surface area contributed by atoms with Gasteiger partial charge in [0, 0.05) is 32.7 Å². The molecule has 0 saturated carbocycles. The Bertz CT molecular complexity index is 735. The Labute approximate surface area is 160 Å². The fourth-order valence-electron chi connectivity index (χ4n) is 3.30. The number of carbonyl (C=O) groups is 2. The molecule has 1 atom stereocenters. The van der Waals surface area contributed by atoms with Gasteiger partial charge in [-0.3, -0.25) is 14.5 Å². The number of amides is 2. The number of carbonyl (C=O) groups excluding carboxylic acids is 2. The molecule has 2 heterocycles. The van der Waals surface area contributed by atoms with Crippen LogP contribution in [0, 0.1) is 5.92 Å². The highest BCUT2D eigenvalue weighted by Crippen LogP contribution is 2.13. The van der Waals surface area contributed by atoms with Crippen molar-refractivity contribution in [3.8, 4) is 0 Å². The second kappa shape index (κ2) is 8.86. The quantitative estimate of drug-likeness (QED) is 0.849. The predicted octanol–water partition coefficient (Wildman–Crippen LogP) is 2.38. The number of piperazine rings is 1. The summed E-state index contributed by atoms with van der Waals surface area (Å²) in [6.45, 7) is 7.78. The molecule has 1 saturated heterocycles. The first-order chi connectivity index (χ1) is 13.0. The average Bonchev–Trinajstić information content (AvgIpc) is 3.21. The lowest BCUT2D eigenvalue weighted by atomic mass is 10.0. The van der Waals surface area contributed by atoms with Crippen LogP contribution in [0.5, 0.6) is 0 Å². The molecule has 1 aromatic carbocycles. The summed E-state index contributed by atoms with van der Waals surface area (Å²) in [5.41, 5.74) is 1.28. The molecule has 1 aliphatic rings. The molecule has 1 fully saturated rings. The van der Waals surface area contributed by atoms with Crippen LogP contribution in [-0.2, 0) is 11.3 Å². The first-order valence-electron chi connectivity index (χ1n) is 9.44. The van der Waals surface area contributed by atoms with Crippen molar-refractivity contribution in [3.63, 3.8) is 0 Å². The van der Waals surface area contributed by atoms with Crippen molar-refractivity contribution in [2.24, 2.45) is 5.92 Å². The van der Waals surface area contributed by atoms with Gasteiger partial charge in [0.15, 0.2) is 5.76 Å². The highest BCUT2D eigenvalue weighted by molar-refractivity contribution is 5.95. The Hall–Kier alpha value is -2.60. The molecule has 1 aliphatic heterocycles. The Morgan fingerprint density at radius 1 is 1.04 bits per heavy atom. The first-order valence-corrected chi connectivity index (χ1v) is 9.44. The first kappa shape index (κ1) is 19.2. The molecule has 2 amide bonds. The standard InChI is InChI=1S/C21H27N3O3/c1-16(2)19(22-20(25)18-9-6-14-27-18)21(26)24-12-10-23(11-13-24)15-17-7-4-3-5-8-17/h3-9,14,16,19H,10-13,15H2,1-2H3,(H,22,25). The van der Waals surface area contributed by atoms with Crippen LogP contribution in [0.15, 0.2) is 53.1 Å². The molecule has 0 aliphatic carbocycles. The van der Waals surface area contributed by atoms with Gasteiger partial charge in [0.25, 0.3) is 5.91 Å². The Morgan fingerprint density at radius 2 is 1.74 bits per heavy atom. The summed E-state index contributed by atoms with van der Waals surface area (Å²) in [5.74, 6) is -0.154. The Kier molecular flexibility index (Phi) is 6.29. The molecule has 6 nitrogen and oxygen atoms in total. The molecule has 0 spiro atoms. The largest absolute Gasteiger partial charge is 0.459 e. The molecular weight excluding hydrogens is 342 g/mol. The van der Waals surface area contributed by atoms with Gasteiger partial charge in [-0.05, 0) is 23.6 Å². The lowest BCUT2D eigenvalue weighted by Gasteiger charge is -2.37. The number of hydrogen-bond acceptors (Lipinski definition) is 4. The summed E-state index contributed by atoms with van der Waals surface area (Å²) < 4.78 is 5.13. The van der Waals surface area contributed by atoms with E-state index < -0.39 is 6.04 Å². The van der Waals surface area contributed by atoms with Crippen molar-refractivity contribution >= 4 is 11.8 Å². The van der Waals surface area contributed by atoms with Crippen LogP contribution >= 0.6 is 0 Å². The fraction of sp³-hybridized carbons (Fsp3) is 0.429. The zero-order valence-electron chi connectivity index (χ0n) is 15.9. The zero-order valence-corrected chi connectivity index (χ0v) is 15.9. The van der Waals surface area contributed by atoms with Gasteiger partial charge < -0.3 is 14.6 Å². The highest BCUT2D eigenvalue weighted by atomic mass is 16.3. The third-order valence-electron chi connectivity index (χ3n) is 4.90. The minimum Gasteiger partial charge on any atom is -0.459 e. The molecule has 1 aromatic heterocycles. The van der Waals surface area contributed by atoms with Crippen molar-refractivity contribution in [3.05, 3.63) is 60.1 Å². The van der Waals surface area contributed by atoms with Crippen LogP contribution in [0.1, 0.15) is 30.0 Å². The van der Waals surface area contributed by atoms with E-state index >= 15 is 0 Å². The van der Waals surface area contributed by atoms with E-state index in [4.69, 9.17) is 4.42 Å². The summed E-state index contributed by atoms with van der Waals surface area (Å²) in [6.07, 6.45) is 1.45. The molecule has 1 N–H and O–H groups in total. The van der Waals surface area contributed by atoms with Crippen molar-refractivity contribution in [1.29, 1.82) is 0 Å². The van der Waals surface area contributed by atoms with Crippen LogP contribution in [0.4, 0.5) is 0 Å². The summed E-state index contributed by atoms with van der Waals surface area (Å²) >= 11 is 0. The van der Waals surface area contributed by atoms with Gasteiger partial charge in [-0.25, -0.2) is 0 Å². The lowest BCUT2D eigenvalue weighted by molar-refractivity contribution is -0.136. The Morgan fingerprint density at radius 3 is 2.33 bits per heavy atom. The summed E-state index contributed by atoms with van der Waals surface area (Å²) in [6, 6.07) is 13.1. The normalized spacial score (nSPS) is 16.3. The summed E-state index contributed by atoms with van der Waals surface area (Å²) in [4.78, 5) is 29.5. The monoisotopic (exact) mass is 369 g/mol. The van der Waals surface area contributed by atoms with Gasteiger partial charge >= 0.3 is 0 Å². The minimum absolute atomic E-state index is 0.00115. The fourth-order valence-corrected chi connectivity index (χ4v) is 3.30. The number of rotatable bonds is 6. The number of hydrogen-bond donors (Lipinski definition) is 1. The maximum Gasteiger partial charge on any atom is 0.287 e. The van der Waals surface area contributed by atoms with Crippen molar-refractivity contribution in [2.75, 3.05) is 26.2 Å².